The predicted molar refractivity (Wildman–Crippen MR) is 50.9 cm³/mol. The third-order valence-corrected chi connectivity index (χ3v) is 2.97. The normalized spacial score (nSPS) is 31.2. The molecule has 1 unspecified atom stereocenters. The Bertz CT molecular complexity index is 138. The smallest absolute Gasteiger partial charge is 0.0575 e. The van der Waals surface area contributed by atoms with Crippen LogP contribution in [0, 0.1) is 0 Å². The standard InChI is InChI=1S/C10H21NO/c1-4-5-7-10(2)8-6-9-11(10)12-3/h4-9H2,1-3H3. The van der Waals surface area contributed by atoms with E-state index in [0.29, 0.717) is 5.54 Å². The molecule has 1 aliphatic heterocycles. The fourth-order valence-corrected chi connectivity index (χ4v) is 2.12. The molecule has 0 aromatic carbocycles. The van der Waals surface area contributed by atoms with Crippen LogP contribution in [0.1, 0.15) is 46.0 Å². The van der Waals surface area contributed by atoms with Gasteiger partial charge in [0.2, 0.25) is 0 Å². The van der Waals surface area contributed by atoms with Crippen molar-refractivity contribution < 1.29 is 4.84 Å². The van der Waals surface area contributed by atoms with E-state index in [9.17, 15) is 0 Å². The van der Waals surface area contributed by atoms with Crippen molar-refractivity contribution in [1.29, 1.82) is 0 Å². The van der Waals surface area contributed by atoms with Crippen LogP contribution in [0.5, 0.6) is 0 Å². The van der Waals surface area contributed by atoms with E-state index in [-0.39, 0.29) is 0 Å². The Morgan fingerprint density at radius 3 is 2.83 bits per heavy atom. The van der Waals surface area contributed by atoms with Gasteiger partial charge in [-0.05, 0) is 26.2 Å². The minimum Gasteiger partial charge on any atom is -0.302 e. The number of rotatable bonds is 4. The molecule has 12 heavy (non-hydrogen) atoms. The molecule has 1 saturated heterocycles. The molecule has 72 valence electrons. The van der Waals surface area contributed by atoms with Crippen molar-refractivity contribution in [1.82, 2.24) is 5.06 Å². The first-order valence-electron chi connectivity index (χ1n) is 5.04. The molecular weight excluding hydrogens is 150 g/mol. The van der Waals surface area contributed by atoms with Crippen LogP contribution >= 0.6 is 0 Å². The highest BCUT2D eigenvalue weighted by atomic mass is 16.7. The van der Waals surface area contributed by atoms with Crippen LogP contribution in [-0.4, -0.2) is 24.3 Å². The van der Waals surface area contributed by atoms with Crippen LogP contribution in [0.15, 0.2) is 0 Å². The largest absolute Gasteiger partial charge is 0.302 e. The van der Waals surface area contributed by atoms with Crippen molar-refractivity contribution in [3.63, 3.8) is 0 Å². The van der Waals surface area contributed by atoms with Crippen LogP contribution in [0.25, 0.3) is 0 Å². The molecule has 0 aromatic rings. The van der Waals surface area contributed by atoms with Crippen LogP contribution in [0.4, 0.5) is 0 Å². The van der Waals surface area contributed by atoms with Gasteiger partial charge in [0, 0.05) is 12.1 Å². The number of hydrogen-bond acceptors (Lipinski definition) is 2. The highest BCUT2D eigenvalue weighted by Gasteiger charge is 2.36. The summed E-state index contributed by atoms with van der Waals surface area (Å²) in [7, 11) is 1.79. The molecule has 2 heteroatoms. The van der Waals surface area contributed by atoms with E-state index >= 15 is 0 Å². The quantitative estimate of drug-likeness (QED) is 0.644. The second kappa shape index (κ2) is 4.24. The number of hydroxylamine groups is 2. The number of unbranched alkanes of at least 4 members (excludes halogenated alkanes) is 1. The summed E-state index contributed by atoms with van der Waals surface area (Å²) in [5.41, 5.74) is 0.324. The SMILES string of the molecule is CCCCC1(C)CCCN1OC. The average molecular weight is 171 g/mol. The maximum absolute atomic E-state index is 5.36. The van der Waals surface area contributed by atoms with Crippen LogP contribution < -0.4 is 0 Å². The lowest BCUT2D eigenvalue weighted by atomic mass is 9.93. The first-order valence-corrected chi connectivity index (χ1v) is 5.04. The Hall–Kier alpha value is -0.0800. The summed E-state index contributed by atoms with van der Waals surface area (Å²) >= 11 is 0. The van der Waals surface area contributed by atoms with Gasteiger partial charge >= 0.3 is 0 Å². The second-order valence-corrected chi connectivity index (χ2v) is 3.99. The first kappa shape index (κ1) is 10.0. The van der Waals surface area contributed by atoms with Crippen LogP contribution in [0.2, 0.25) is 0 Å². The Balaban J connectivity index is 2.43. The Labute approximate surface area is 75.8 Å². The lowest BCUT2D eigenvalue weighted by molar-refractivity contribution is -0.177. The molecule has 0 saturated carbocycles. The summed E-state index contributed by atoms with van der Waals surface area (Å²) in [4.78, 5) is 5.36. The Morgan fingerprint density at radius 2 is 2.25 bits per heavy atom. The topological polar surface area (TPSA) is 12.5 Å². The van der Waals surface area contributed by atoms with E-state index in [1.54, 1.807) is 7.11 Å². The van der Waals surface area contributed by atoms with Crippen molar-refractivity contribution in [2.24, 2.45) is 0 Å². The molecule has 1 heterocycles. The molecule has 1 aliphatic rings. The van der Waals surface area contributed by atoms with E-state index in [4.69, 9.17) is 4.84 Å². The van der Waals surface area contributed by atoms with Gasteiger partial charge in [-0.2, -0.15) is 5.06 Å². The number of nitrogens with zero attached hydrogens (tertiary/aromatic N) is 1. The van der Waals surface area contributed by atoms with E-state index < -0.39 is 0 Å². The van der Waals surface area contributed by atoms with Gasteiger partial charge in [0.25, 0.3) is 0 Å². The molecule has 0 radical (unpaired) electrons. The first-order chi connectivity index (χ1) is 5.73. The molecule has 0 amide bonds. The maximum atomic E-state index is 5.36. The van der Waals surface area contributed by atoms with Gasteiger partial charge in [-0.1, -0.05) is 19.8 Å². The lowest BCUT2D eigenvalue weighted by Crippen LogP contribution is -2.40. The highest BCUT2D eigenvalue weighted by molar-refractivity contribution is 4.87. The van der Waals surface area contributed by atoms with Crippen molar-refractivity contribution in [2.75, 3.05) is 13.7 Å². The third kappa shape index (κ3) is 1.99. The van der Waals surface area contributed by atoms with Gasteiger partial charge in [-0.25, -0.2) is 0 Å². The summed E-state index contributed by atoms with van der Waals surface area (Å²) in [5, 5.41) is 2.16. The van der Waals surface area contributed by atoms with Crippen LogP contribution in [-0.2, 0) is 4.84 Å². The molecule has 0 N–H and O–H groups in total. The molecule has 0 bridgehead atoms. The van der Waals surface area contributed by atoms with Crippen LogP contribution in [0.3, 0.4) is 0 Å². The maximum Gasteiger partial charge on any atom is 0.0575 e. The van der Waals surface area contributed by atoms with E-state index in [1.165, 1.54) is 32.1 Å². The lowest BCUT2D eigenvalue weighted by Gasteiger charge is -2.33. The second-order valence-electron chi connectivity index (χ2n) is 3.99. The summed E-state index contributed by atoms with van der Waals surface area (Å²) < 4.78 is 0. The summed E-state index contributed by atoms with van der Waals surface area (Å²) in [6.07, 6.45) is 6.45. The third-order valence-electron chi connectivity index (χ3n) is 2.97. The zero-order valence-electron chi connectivity index (χ0n) is 8.60. The summed E-state index contributed by atoms with van der Waals surface area (Å²) in [5.74, 6) is 0. The summed E-state index contributed by atoms with van der Waals surface area (Å²) in [6, 6.07) is 0. The fraction of sp³-hybridized carbons (Fsp3) is 1.00. The van der Waals surface area contributed by atoms with Crippen molar-refractivity contribution in [3.8, 4) is 0 Å². The monoisotopic (exact) mass is 171 g/mol. The van der Waals surface area contributed by atoms with Crippen molar-refractivity contribution in [2.45, 2.75) is 51.5 Å². The van der Waals surface area contributed by atoms with E-state index in [1.807, 2.05) is 0 Å². The number of hydrogen-bond donors (Lipinski definition) is 0. The molecule has 1 fully saturated rings. The molecule has 0 spiro atoms. The van der Waals surface area contributed by atoms with Gasteiger partial charge in [0.15, 0.2) is 0 Å². The van der Waals surface area contributed by atoms with Gasteiger partial charge < -0.3 is 4.84 Å². The fourth-order valence-electron chi connectivity index (χ4n) is 2.12. The molecule has 1 atom stereocenters. The van der Waals surface area contributed by atoms with Gasteiger partial charge in [0.1, 0.15) is 0 Å². The highest BCUT2D eigenvalue weighted by Crippen LogP contribution is 2.33. The van der Waals surface area contributed by atoms with Gasteiger partial charge in [0.05, 0.1) is 7.11 Å². The predicted octanol–water partition coefficient (Wildman–Crippen LogP) is 2.59. The summed E-state index contributed by atoms with van der Waals surface area (Å²) in [6.45, 7) is 5.67. The molecule has 1 rings (SSSR count). The minimum absolute atomic E-state index is 0.324. The minimum atomic E-state index is 0.324. The Kier molecular flexibility index (Phi) is 3.53. The molecule has 2 nitrogen and oxygen atoms in total. The zero-order valence-corrected chi connectivity index (χ0v) is 8.60. The molecular formula is C10H21NO. The Morgan fingerprint density at radius 1 is 1.50 bits per heavy atom. The van der Waals surface area contributed by atoms with E-state index in [0.717, 1.165) is 6.54 Å². The molecule has 0 aromatic heterocycles. The van der Waals surface area contributed by atoms with Gasteiger partial charge in [-0.15, -0.1) is 0 Å². The average Bonchev–Trinajstić information content (AvgIpc) is 2.44. The zero-order chi connectivity index (χ0) is 9.03. The van der Waals surface area contributed by atoms with E-state index in [2.05, 4.69) is 18.9 Å². The van der Waals surface area contributed by atoms with Crippen molar-refractivity contribution in [3.05, 3.63) is 0 Å². The molecule has 0 aliphatic carbocycles. The van der Waals surface area contributed by atoms with Crippen molar-refractivity contribution >= 4 is 0 Å². The van der Waals surface area contributed by atoms with Gasteiger partial charge in [-0.3, -0.25) is 0 Å².